The van der Waals surface area contributed by atoms with E-state index >= 15 is 0 Å². The standard InChI is InChI=1S/C13H21N3O4S/c1-15-9-11(8-14-15)21(17,18)16-5-6-20-13-4-3-10(19-2)7-12(13)16/h8-10,12-13H,3-7H2,1-2H3/t10-,12+,13+/m1/s1. The highest BCUT2D eigenvalue weighted by Gasteiger charge is 2.43. The highest BCUT2D eigenvalue weighted by atomic mass is 32.2. The van der Waals surface area contributed by atoms with Gasteiger partial charge in [-0.15, -0.1) is 0 Å². The second-order valence-electron chi connectivity index (χ2n) is 5.61. The Kier molecular flexibility index (Phi) is 4.04. The number of aromatic nitrogens is 2. The van der Waals surface area contributed by atoms with Gasteiger partial charge in [0.25, 0.3) is 0 Å². The van der Waals surface area contributed by atoms with E-state index in [0.29, 0.717) is 19.6 Å². The average molecular weight is 315 g/mol. The number of sulfonamides is 1. The molecule has 0 aromatic carbocycles. The van der Waals surface area contributed by atoms with Gasteiger partial charge in [0.15, 0.2) is 0 Å². The number of hydrogen-bond donors (Lipinski definition) is 0. The number of rotatable bonds is 3. The lowest BCUT2D eigenvalue weighted by molar-refractivity contribution is -0.0883. The molecule has 1 saturated heterocycles. The Balaban J connectivity index is 1.89. The normalized spacial score (nSPS) is 31.0. The summed E-state index contributed by atoms with van der Waals surface area (Å²) in [6.07, 6.45) is 5.44. The minimum absolute atomic E-state index is 0.0309. The summed E-state index contributed by atoms with van der Waals surface area (Å²) >= 11 is 0. The molecule has 0 radical (unpaired) electrons. The van der Waals surface area contributed by atoms with Crippen LogP contribution in [0.4, 0.5) is 0 Å². The molecule has 0 unspecified atom stereocenters. The Morgan fingerprint density at radius 1 is 1.43 bits per heavy atom. The molecule has 118 valence electrons. The monoisotopic (exact) mass is 315 g/mol. The summed E-state index contributed by atoms with van der Waals surface area (Å²) in [6, 6.07) is -0.150. The number of aryl methyl sites for hydroxylation is 1. The van der Waals surface area contributed by atoms with Crippen LogP contribution in [0.3, 0.4) is 0 Å². The Morgan fingerprint density at radius 2 is 2.24 bits per heavy atom. The molecular formula is C13H21N3O4S. The van der Waals surface area contributed by atoms with Gasteiger partial charge in [-0.1, -0.05) is 0 Å². The SMILES string of the molecule is CO[C@@H]1CC[C@@H]2OCCN(S(=O)(=O)c3cnn(C)c3)[C@H]2C1. The number of fused-ring (bicyclic) bond motifs is 1. The molecule has 3 atom stereocenters. The van der Waals surface area contributed by atoms with E-state index in [4.69, 9.17) is 9.47 Å². The molecule has 1 aliphatic heterocycles. The topological polar surface area (TPSA) is 73.7 Å². The predicted octanol–water partition coefficient (Wildman–Crippen LogP) is 0.377. The smallest absolute Gasteiger partial charge is 0.246 e. The average Bonchev–Trinajstić information content (AvgIpc) is 2.93. The molecular weight excluding hydrogens is 294 g/mol. The van der Waals surface area contributed by atoms with Crippen molar-refractivity contribution in [3.8, 4) is 0 Å². The first-order valence-electron chi connectivity index (χ1n) is 7.17. The van der Waals surface area contributed by atoms with Gasteiger partial charge in [-0.05, 0) is 19.3 Å². The van der Waals surface area contributed by atoms with Crippen LogP contribution in [0.2, 0.25) is 0 Å². The van der Waals surface area contributed by atoms with Crippen molar-refractivity contribution in [2.75, 3.05) is 20.3 Å². The zero-order valence-electron chi connectivity index (χ0n) is 12.3. The van der Waals surface area contributed by atoms with E-state index in [9.17, 15) is 8.42 Å². The van der Waals surface area contributed by atoms with Crippen molar-refractivity contribution in [1.29, 1.82) is 0 Å². The Morgan fingerprint density at radius 3 is 2.90 bits per heavy atom. The van der Waals surface area contributed by atoms with Crippen LogP contribution in [0.15, 0.2) is 17.3 Å². The fraction of sp³-hybridized carbons (Fsp3) is 0.769. The summed E-state index contributed by atoms with van der Waals surface area (Å²) in [7, 11) is -0.143. The maximum Gasteiger partial charge on any atom is 0.246 e. The quantitative estimate of drug-likeness (QED) is 0.806. The molecule has 0 amide bonds. The number of ether oxygens (including phenoxy) is 2. The Labute approximate surface area is 124 Å². The third kappa shape index (κ3) is 2.73. The van der Waals surface area contributed by atoms with E-state index in [-0.39, 0.29) is 23.1 Å². The van der Waals surface area contributed by atoms with Crippen molar-refractivity contribution in [3.63, 3.8) is 0 Å². The van der Waals surface area contributed by atoms with Gasteiger partial charge in [-0.25, -0.2) is 8.42 Å². The lowest BCUT2D eigenvalue weighted by Gasteiger charge is -2.44. The molecule has 8 heteroatoms. The lowest BCUT2D eigenvalue weighted by atomic mass is 9.89. The Bertz CT molecular complexity index is 600. The molecule has 1 aromatic heterocycles. The van der Waals surface area contributed by atoms with Gasteiger partial charge in [-0.3, -0.25) is 4.68 Å². The van der Waals surface area contributed by atoms with Gasteiger partial charge in [0.05, 0.1) is 31.1 Å². The molecule has 2 heterocycles. The third-order valence-corrected chi connectivity index (χ3v) is 6.22. The molecule has 2 aliphatic rings. The van der Waals surface area contributed by atoms with E-state index in [0.717, 1.165) is 12.8 Å². The van der Waals surface area contributed by atoms with E-state index in [1.165, 1.54) is 17.1 Å². The molecule has 7 nitrogen and oxygen atoms in total. The Hall–Kier alpha value is -0.960. The maximum absolute atomic E-state index is 12.8. The molecule has 0 bridgehead atoms. The number of morpholine rings is 1. The second-order valence-corrected chi connectivity index (χ2v) is 7.50. The van der Waals surface area contributed by atoms with Crippen LogP contribution in [0.25, 0.3) is 0 Å². The van der Waals surface area contributed by atoms with Gasteiger partial charge in [0.1, 0.15) is 4.90 Å². The van der Waals surface area contributed by atoms with Crippen LogP contribution in [-0.4, -0.2) is 61.0 Å². The van der Waals surface area contributed by atoms with Crippen molar-refractivity contribution in [1.82, 2.24) is 14.1 Å². The number of hydrogen-bond acceptors (Lipinski definition) is 5. The first-order valence-corrected chi connectivity index (χ1v) is 8.61. The van der Waals surface area contributed by atoms with Crippen LogP contribution < -0.4 is 0 Å². The molecule has 21 heavy (non-hydrogen) atoms. The van der Waals surface area contributed by atoms with Crippen molar-refractivity contribution in [2.24, 2.45) is 7.05 Å². The fourth-order valence-electron chi connectivity index (χ4n) is 3.22. The summed E-state index contributed by atoms with van der Waals surface area (Å²) in [5.74, 6) is 0. The molecule has 0 spiro atoms. The van der Waals surface area contributed by atoms with Crippen molar-refractivity contribution >= 4 is 10.0 Å². The van der Waals surface area contributed by atoms with Crippen LogP contribution >= 0.6 is 0 Å². The first-order chi connectivity index (χ1) is 10.0. The van der Waals surface area contributed by atoms with Gasteiger partial charge < -0.3 is 9.47 Å². The van der Waals surface area contributed by atoms with Crippen molar-refractivity contribution < 1.29 is 17.9 Å². The van der Waals surface area contributed by atoms with Gasteiger partial charge in [0, 0.05) is 26.9 Å². The number of methoxy groups -OCH3 is 1. The fourth-order valence-corrected chi connectivity index (χ4v) is 4.85. The summed E-state index contributed by atoms with van der Waals surface area (Å²) in [5.41, 5.74) is 0. The molecule has 1 saturated carbocycles. The van der Waals surface area contributed by atoms with Gasteiger partial charge in [-0.2, -0.15) is 9.40 Å². The maximum atomic E-state index is 12.8. The summed E-state index contributed by atoms with van der Waals surface area (Å²) in [6.45, 7) is 0.827. The van der Waals surface area contributed by atoms with Crippen molar-refractivity contribution in [3.05, 3.63) is 12.4 Å². The zero-order chi connectivity index (χ0) is 15.0. The van der Waals surface area contributed by atoms with E-state index in [1.807, 2.05) is 0 Å². The largest absolute Gasteiger partial charge is 0.381 e. The highest BCUT2D eigenvalue weighted by molar-refractivity contribution is 7.89. The van der Waals surface area contributed by atoms with Crippen LogP contribution in [0.5, 0.6) is 0 Å². The molecule has 3 rings (SSSR count). The molecule has 1 aromatic rings. The lowest BCUT2D eigenvalue weighted by Crippen LogP contribution is -2.56. The molecule has 1 aliphatic carbocycles. The van der Waals surface area contributed by atoms with Crippen LogP contribution in [-0.2, 0) is 26.5 Å². The zero-order valence-corrected chi connectivity index (χ0v) is 13.1. The minimum Gasteiger partial charge on any atom is -0.381 e. The molecule has 0 N–H and O–H groups in total. The highest BCUT2D eigenvalue weighted by Crippen LogP contribution is 2.33. The second kappa shape index (κ2) is 5.68. The summed E-state index contributed by atoms with van der Waals surface area (Å²) < 4.78 is 39.9. The summed E-state index contributed by atoms with van der Waals surface area (Å²) in [5, 5.41) is 3.97. The third-order valence-electron chi connectivity index (χ3n) is 4.34. The van der Waals surface area contributed by atoms with Crippen LogP contribution in [0, 0.1) is 0 Å². The summed E-state index contributed by atoms with van der Waals surface area (Å²) in [4.78, 5) is 0.241. The number of nitrogens with zero attached hydrogens (tertiary/aromatic N) is 3. The van der Waals surface area contributed by atoms with E-state index < -0.39 is 10.0 Å². The van der Waals surface area contributed by atoms with Gasteiger partial charge >= 0.3 is 0 Å². The first kappa shape index (κ1) is 15.0. The van der Waals surface area contributed by atoms with Crippen LogP contribution in [0.1, 0.15) is 19.3 Å². The predicted molar refractivity (Wildman–Crippen MR) is 75.3 cm³/mol. The van der Waals surface area contributed by atoms with E-state index in [1.54, 1.807) is 18.5 Å². The molecule has 2 fully saturated rings. The minimum atomic E-state index is -3.53. The van der Waals surface area contributed by atoms with E-state index in [2.05, 4.69) is 5.10 Å². The van der Waals surface area contributed by atoms with Gasteiger partial charge in [0.2, 0.25) is 10.0 Å². The van der Waals surface area contributed by atoms with Crippen molar-refractivity contribution in [2.45, 2.75) is 42.4 Å².